The number of hydrogen-bond donors (Lipinski definition) is 2. The SMILES string of the molecule is Cc1ccccc1OC(C)CNS(N)(=O)=O. The molecule has 0 spiro atoms. The second-order valence-corrected chi connectivity index (χ2v) is 4.97. The molecule has 1 atom stereocenters. The van der Waals surface area contributed by atoms with E-state index < -0.39 is 10.2 Å². The molecule has 16 heavy (non-hydrogen) atoms. The minimum atomic E-state index is -3.65. The van der Waals surface area contributed by atoms with Gasteiger partial charge in [0.2, 0.25) is 0 Å². The summed E-state index contributed by atoms with van der Waals surface area (Å²) in [4.78, 5) is 0. The molecule has 0 amide bonds. The van der Waals surface area contributed by atoms with Crippen molar-refractivity contribution < 1.29 is 13.2 Å². The van der Waals surface area contributed by atoms with E-state index in [1.807, 2.05) is 31.2 Å². The van der Waals surface area contributed by atoms with Crippen LogP contribution in [-0.4, -0.2) is 21.1 Å². The van der Waals surface area contributed by atoms with Crippen LogP contribution in [0.25, 0.3) is 0 Å². The summed E-state index contributed by atoms with van der Waals surface area (Å²) < 4.78 is 29.1. The van der Waals surface area contributed by atoms with E-state index in [-0.39, 0.29) is 12.6 Å². The van der Waals surface area contributed by atoms with Crippen LogP contribution in [0.15, 0.2) is 24.3 Å². The van der Waals surface area contributed by atoms with Crippen molar-refractivity contribution in [2.45, 2.75) is 20.0 Å². The molecule has 0 heterocycles. The maximum Gasteiger partial charge on any atom is 0.274 e. The Morgan fingerprint density at radius 3 is 2.62 bits per heavy atom. The number of nitrogens with one attached hydrogen (secondary N) is 1. The monoisotopic (exact) mass is 244 g/mol. The highest BCUT2D eigenvalue weighted by atomic mass is 32.2. The van der Waals surface area contributed by atoms with Gasteiger partial charge in [-0.05, 0) is 25.5 Å². The largest absolute Gasteiger partial charge is 0.489 e. The van der Waals surface area contributed by atoms with Crippen molar-refractivity contribution in [3.05, 3.63) is 29.8 Å². The van der Waals surface area contributed by atoms with E-state index in [0.717, 1.165) is 11.3 Å². The van der Waals surface area contributed by atoms with Crippen molar-refractivity contribution in [1.29, 1.82) is 0 Å². The first kappa shape index (κ1) is 13.0. The van der Waals surface area contributed by atoms with Gasteiger partial charge in [0.05, 0.1) is 0 Å². The number of para-hydroxylation sites is 1. The van der Waals surface area contributed by atoms with Gasteiger partial charge in [0.25, 0.3) is 10.2 Å². The van der Waals surface area contributed by atoms with Gasteiger partial charge in [-0.15, -0.1) is 0 Å². The van der Waals surface area contributed by atoms with Gasteiger partial charge in [-0.3, -0.25) is 0 Å². The third-order valence-corrected chi connectivity index (χ3v) is 2.56. The summed E-state index contributed by atoms with van der Waals surface area (Å²) in [7, 11) is -3.65. The molecule has 0 fully saturated rings. The summed E-state index contributed by atoms with van der Waals surface area (Å²) in [5, 5.41) is 4.81. The lowest BCUT2D eigenvalue weighted by molar-refractivity contribution is 0.223. The number of benzene rings is 1. The molecule has 1 aromatic carbocycles. The van der Waals surface area contributed by atoms with Crippen LogP contribution in [-0.2, 0) is 10.2 Å². The Morgan fingerprint density at radius 1 is 1.44 bits per heavy atom. The van der Waals surface area contributed by atoms with Crippen LogP contribution in [0.3, 0.4) is 0 Å². The Kier molecular flexibility index (Phi) is 4.28. The predicted octanol–water partition coefficient (Wildman–Crippen LogP) is 0.555. The third kappa shape index (κ3) is 4.61. The minimum Gasteiger partial charge on any atom is -0.489 e. The van der Waals surface area contributed by atoms with Gasteiger partial charge in [-0.2, -0.15) is 13.1 Å². The highest BCUT2D eigenvalue weighted by molar-refractivity contribution is 7.87. The average molecular weight is 244 g/mol. The van der Waals surface area contributed by atoms with E-state index >= 15 is 0 Å². The zero-order valence-corrected chi connectivity index (χ0v) is 10.1. The molecule has 5 nitrogen and oxygen atoms in total. The highest BCUT2D eigenvalue weighted by Gasteiger charge is 2.08. The van der Waals surface area contributed by atoms with Crippen molar-refractivity contribution in [2.24, 2.45) is 5.14 Å². The molecule has 0 saturated carbocycles. The minimum absolute atomic E-state index is 0.146. The van der Waals surface area contributed by atoms with E-state index in [4.69, 9.17) is 9.88 Å². The van der Waals surface area contributed by atoms with E-state index in [0.29, 0.717) is 0 Å². The van der Waals surface area contributed by atoms with Crippen LogP contribution in [0.4, 0.5) is 0 Å². The lowest BCUT2D eigenvalue weighted by atomic mass is 10.2. The molecule has 1 unspecified atom stereocenters. The molecule has 0 bridgehead atoms. The Morgan fingerprint density at radius 2 is 2.06 bits per heavy atom. The van der Waals surface area contributed by atoms with E-state index in [1.165, 1.54) is 0 Å². The summed E-state index contributed by atoms with van der Waals surface area (Å²) in [6.07, 6.45) is -0.278. The molecule has 6 heteroatoms. The number of nitrogens with two attached hydrogens (primary N) is 1. The molecule has 0 aliphatic rings. The molecule has 0 aliphatic carbocycles. The molecule has 1 aromatic rings. The predicted molar refractivity (Wildman–Crippen MR) is 62.4 cm³/mol. The third-order valence-electron chi connectivity index (χ3n) is 1.99. The van der Waals surface area contributed by atoms with Crippen LogP contribution < -0.4 is 14.6 Å². The Hall–Kier alpha value is -1.11. The van der Waals surface area contributed by atoms with Crippen LogP contribution in [0, 0.1) is 6.92 Å². The van der Waals surface area contributed by atoms with Gasteiger partial charge < -0.3 is 4.74 Å². The van der Waals surface area contributed by atoms with Gasteiger partial charge in [0, 0.05) is 6.54 Å². The van der Waals surface area contributed by atoms with Crippen LogP contribution >= 0.6 is 0 Å². The zero-order chi connectivity index (χ0) is 12.2. The molecular formula is C10H16N2O3S. The van der Waals surface area contributed by atoms with Gasteiger partial charge in [0.15, 0.2) is 0 Å². The molecule has 1 rings (SSSR count). The number of rotatable bonds is 5. The van der Waals surface area contributed by atoms with E-state index in [2.05, 4.69) is 4.72 Å². The normalized spacial score (nSPS) is 13.4. The lowest BCUT2D eigenvalue weighted by Gasteiger charge is -2.16. The van der Waals surface area contributed by atoms with Crippen molar-refractivity contribution in [2.75, 3.05) is 6.54 Å². The number of hydrogen-bond acceptors (Lipinski definition) is 3. The summed E-state index contributed by atoms with van der Waals surface area (Å²) in [6, 6.07) is 7.54. The fourth-order valence-electron chi connectivity index (χ4n) is 1.18. The van der Waals surface area contributed by atoms with Gasteiger partial charge in [-0.1, -0.05) is 18.2 Å². The highest BCUT2D eigenvalue weighted by Crippen LogP contribution is 2.17. The van der Waals surface area contributed by atoms with Gasteiger partial charge in [-0.25, -0.2) is 5.14 Å². The summed E-state index contributed by atoms with van der Waals surface area (Å²) in [5.41, 5.74) is 1.00. The first-order valence-corrected chi connectivity index (χ1v) is 6.43. The summed E-state index contributed by atoms with van der Waals surface area (Å²) in [5.74, 6) is 0.742. The quantitative estimate of drug-likeness (QED) is 0.794. The average Bonchev–Trinajstić information content (AvgIpc) is 2.18. The van der Waals surface area contributed by atoms with E-state index in [1.54, 1.807) is 6.92 Å². The standard InChI is InChI=1S/C10H16N2O3S/c1-8-5-3-4-6-10(8)15-9(2)7-12-16(11,13)14/h3-6,9,12H,7H2,1-2H3,(H2,11,13,14). The maximum absolute atomic E-state index is 10.7. The Balaban J connectivity index is 2.52. The summed E-state index contributed by atoms with van der Waals surface area (Å²) in [6.45, 7) is 3.84. The number of ether oxygens (including phenoxy) is 1. The van der Waals surface area contributed by atoms with Crippen molar-refractivity contribution in [3.63, 3.8) is 0 Å². The van der Waals surface area contributed by atoms with Crippen LogP contribution in [0.5, 0.6) is 5.75 Å². The molecule has 0 aromatic heterocycles. The fraction of sp³-hybridized carbons (Fsp3) is 0.400. The van der Waals surface area contributed by atoms with Crippen molar-refractivity contribution in [3.8, 4) is 5.75 Å². The smallest absolute Gasteiger partial charge is 0.274 e. The lowest BCUT2D eigenvalue weighted by Crippen LogP contribution is -2.37. The molecule has 0 radical (unpaired) electrons. The first-order valence-electron chi connectivity index (χ1n) is 4.88. The molecule has 0 saturated heterocycles. The second kappa shape index (κ2) is 5.29. The zero-order valence-electron chi connectivity index (χ0n) is 9.30. The maximum atomic E-state index is 10.7. The van der Waals surface area contributed by atoms with Crippen LogP contribution in [0.2, 0.25) is 0 Å². The second-order valence-electron chi connectivity index (χ2n) is 3.59. The van der Waals surface area contributed by atoms with Gasteiger partial charge >= 0.3 is 0 Å². The topological polar surface area (TPSA) is 81.4 Å². The number of aryl methyl sites for hydroxylation is 1. The first-order chi connectivity index (χ1) is 7.38. The Labute approximate surface area is 95.8 Å². The van der Waals surface area contributed by atoms with Crippen molar-refractivity contribution in [1.82, 2.24) is 4.72 Å². The van der Waals surface area contributed by atoms with Gasteiger partial charge in [0.1, 0.15) is 11.9 Å². The van der Waals surface area contributed by atoms with Crippen molar-refractivity contribution >= 4 is 10.2 Å². The summed E-state index contributed by atoms with van der Waals surface area (Å²) >= 11 is 0. The Bertz CT molecular complexity index is 445. The molecule has 3 N–H and O–H groups in total. The molecule has 0 aliphatic heterocycles. The van der Waals surface area contributed by atoms with E-state index in [9.17, 15) is 8.42 Å². The molecule has 90 valence electrons. The van der Waals surface area contributed by atoms with Crippen LogP contribution in [0.1, 0.15) is 12.5 Å². The fourth-order valence-corrected chi connectivity index (χ4v) is 1.65. The molecular weight excluding hydrogens is 228 g/mol.